The zero-order valence-electron chi connectivity index (χ0n) is 10.7. The van der Waals surface area contributed by atoms with E-state index in [2.05, 4.69) is 4.74 Å². The van der Waals surface area contributed by atoms with Crippen molar-refractivity contribution in [1.29, 1.82) is 0 Å². The third-order valence-electron chi connectivity index (χ3n) is 2.90. The van der Waals surface area contributed by atoms with Crippen molar-refractivity contribution in [3.63, 3.8) is 0 Å². The highest BCUT2D eigenvalue weighted by molar-refractivity contribution is 6.05. The zero-order valence-corrected chi connectivity index (χ0v) is 10.7. The summed E-state index contributed by atoms with van der Waals surface area (Å²) in [5, 5.41) is 9.45. The third-order valence-corrected chi connectivity index (χ3v) is 2.90. The van der Waals surface area contributed by atoms with E-state index < -0.39 is 23.2 Å². The van der Waals surface area contributed by atoms with Crippen LogP contribution >= 0.6 is 0 Å². The molecule has 1 aromatic carbocycles. The van der Waals surface area contributed by atoms with Gasteiger partial charge >= 0.3 is 11.9 Å². The van der Waals surface area contributed by atoms with E-state index >= 15 is 0 Å². The lowest BCUT2D eigenvalue weighted by Crippen LogP contribution is -2.44. The summed E-state index contributed by atoms with van der Waals surface area (Å²) < 4.78 is 17.5. The molecule has 1 aromatic rings. The van der Waals surface area contributed by atoms with Gasteiger partial charge in [0.15, 0.2) is 5.41 Å². The van der Waals surface area contributed by atoms with Crippen LogP contribution in [-0.4, -0.2) is 24.2 Å². The second-order valence-corrected chi connectivity index (χ2v) is 3.98. The molecule has 1 atom stereocenters. The van der Waals surface area contributed by atoms with Crippen LogP contribution < -0.4 is 0 Å². The van der Waals surface area contributed by atoms with Gasteiger partial charge < -0.3 is 9.84 Å². The van der Waals surface area contributed by atoms with Crippen LogP contribution in [0.5, 0.6) is 0 Å². The number of esters is 1. The van der Waals surface area contributed by atoms with Crippen LogP contribution in [0, 0.1) is 5.82 Å². The summed E-state index contributed by atoms with van der Waals surface area (Å²) in [6.07, 6.45) is 3.15. The van der Waals surface area contributed by atoms with Crippen molar-refractivity contribution >= 4 is 11.9 Å². The Bertz CT molecular complexity index is 493. The standard InChI is InChI=1S/C14H15FO4/c1-3-4-9-14(12(16)17,13(18)19-2)10-5-7-11(15)8-6-10/h3-8H,9H2,1-2H3,(H,16,17). The van der Waals surface area contributed by atoms with Gasteiger partial charge in [-0.05, 0) is 31.0 Å². The van der Waals surface area contributed by atoms with E-state index in [0.29, 0.717) is 0 Å². The molecule has 19 heavy (non-hydrogen) atoms. The number of carboxylic acid groups (broad SMARTS) is 1. The predicted molar refractivity (Wildman–Crippen MR) is 67.2 cm³/mol. The van der Waals surface area contributed by atoms with Gasteiger partial charge in [-0.15, -0.1) is 0 Å². The van der Waals surface area contributed by atoms with Gasteiger partial charge in [-0.25, -0.2) is 4.39 Å². The minimum Gasteiger partial charge on any atom is -0.480 e. The van der Waals surface area contributed by atoms with Crippen molar-refractivity contribution < 1.29 is 23.8 Å². The van der Waals surface area contributed by atoms with Crippen LogP contribution in [0.3, 0.4) is 0 Å². The number of aliphatic carboxylic acids is 1. The fraction of sp³-hybridized carbons (Fsp3) is 0.286. The van der Waals surface area contributed by atoms with E-state index in [1.165, 1.54) is 12.1 Å². The zero-order chi connectivity index (χ0) is 14.5. The first kappa shape index (κ1) is 14.9. The van der Waals surface area contributed by atoms with E-state index in [4.69, 9.17) is 0 Å². The van der Waals surface area contributed by atoms with Gasteiger partial charge in [-0.1, -0.05) is 24.3 Å². The molecule has 0 aromatic heterocycles. The van der Waals surface area contributed by atoms with E-state index in [9.17, 15) is 19.1 Å². The van der Waals surface area contributed by atoms with Crippen molar-refractivity contribution in [3.8, 4) is 0 Å². The third kappa shape index (κ3) is 2.81. The molecule has 0 radical (unpaired) electrons. The van der Waals surface area contributed by atoms with Gasteiger partial charge in [0.2, 0.25) is 0 Å². The molecule has 0 heterocycles. The summed E-state index contributed by atoms with van der Waals surface area (Å²) in [5.41, 5.74) is -1.67. The van der Waals surface area contributed by atoms with Crippen molar-refractivity contribution in [2.24, 2.45) is 0 Å². The molecule has 0 aliphatic carbocycles. The number of allylic oxidation sites excluding steroid dienone is 2. The smallest absolute Gasteiger partial charge is 0.328 e. The maximum Gasteiger partial charge on any atom is 0.328 e. The van der Waals surface area contributed by atoms with E-state index in [-0.39, 0.29) is 12.0 Å². The Morgan fingerprint density at radius 3 is 2.37 bits per heavy atom. The first-order valence-electron chi connectivity index (χ1n) is 5.68. The molecule has 4 nitrogen and oxygen atoms in total. The highest BCUT2D eigenvalue weighted by Crippen LogP contribution is 2.31. The Morgan fingerprint density at radius 2 is 1.95 bits per heavy atom. The molecule has 102 valence electrons. The normalized spacial score (nSPS) is 14.1. The van der Waals surface area contributed by atoms with Crippen LogP contribution in [0.25, 0.3) is 0 Å². The fourth-order valence-corrected chi connectivity index (χ4v) is 1.82. The largest absolute Gasteiger partial charge is 0.480 e. The lowest BCUT2D eigenvalue weighted by Gasteiger charge is -2.25. The first-order valence-corrected chi connectivity index (χ1v) is 5.68. The summed E-state index contributed by atoms with van der Waals surface area (Å²) in [4.78, 5) is 23.5. The van der Waals surface area contributed by atoms with Crippen LogP contribution in [-0.2, 0) is 19.7 Å². The summed E-state index contributed by atoms with van der Waals surface area (Å²) >= 11 is 0. The molecule has 0 spiro atoms. The molecule has 5 heteroatoms. The molecule has 0 saturated heterocycles. The van der Waals surface area contributed by atoms with Gasteiger partial charge in [0, 0.05) is 0 Å². The fourth-order valence-electron chi connectivity index (χ4n) is 1.82. The Balaban J connectivity index is 3.41. The van der Waals surface area contributed by atoms with Crippen molar-refractivity contribution in [2.75, 3.05) is 7.11 Å². The van der Waals surface area contributed by atoms with Crippen LogP contribution in [0.2, 0.25) is 0 Å². The van der Waals surface area contributed by atoms with Gasteiger partial charge in [0.05, 0.1) is 7.11 Å². The molecular formula is C14H15FO4. The van der Waals surface area contributed by atoms with Crippen LogP contribution in [0.4, 0.5) is 4.39 Å². The van der Waals surface area contributed by atoms with Gasteiger partial charge in [0.25, 0.3) is 0 Å². The second kappa shape index (κ2) is 6.13. The number of carbonyl (C=O) groups excluding carboxylic acids is 1. The number of hydrogen-bond donors (Lipinski definition) is 1. The van der Waals surface area contributed by atoms with Crippen LogP contribution in [0.15, 0.2) is 36.4 Å². The van der Waals surface area contributed by atoms with Crippen molar-refractivity contribution in [3.05, 3.63) is 47.8 Å². The maximum atomic E-state index is 12.9. The van der Waals surface area contributed by atoms with E-state index in [1.807, 2.05) is 0 Å². The highest BCUT2D eigenvalue weighted by Gasteiger charge is 2.48. The summed E-state index contributed by atoms with van der Waals surface area (Å²) in [6.45, 7) is 1.72. The van der Waals surface area contributed by atoms with Gasteiger partial charge in [-0.3, -0.25) is 9.59 Å². The van der Waals surface area contributed by atoms with E-state index in [1.54, 1.807) is 19.1 Å². The first-order chi connectivity index (χ1) is 8.98. The topological polar surface area (TPSA) is 63.6 Å². The molecule has 0 bridgehead atoms. The maximum absolute atomic E-state index is 12.9. The number of carbonyl (C=O) groups is 2. The summed E-state index contributed by atoms with van der Waals surface area (Å²) in [7, 11) is 1.12. The molecule has 0 fully saturated rings. The van der Waals surface area contributed by atoms with Crippen molar-refractivity contribution in [1.82, 2.24) is 0 Å². The number of methoxy groups -OCH3 is 1. The lowest BCUT2D eigenvalue weighted by molar-refractivity contribution is -0.159. The highest BCUT2D eigenvalue weighted by atomic mass is 19.1. The molecular weight excluding hydrogens is 251 g/mol. The number of hydrogen-bond acceptors (Lipinski definition) is 3. The Hall–Kier alpha value is -2.17. The minimum absolute atomic E-state index is 0.0584. The molecule has 0 aliphatic rings. The second-order valence-electron chi connectivity index (χ2n) is 3.98. The Kier molecular flexibility index (Phi) is 4.80. The molecule has 1 unspecified atom stereocenters. The number of ether oxygens (including phenoxy) is 1. The summed E-state index contributed by atoms with van der Waals surface area (Å²) in [6, 6.07) is 4.80. The van der Waals surface area contributed by atoms with Crippen molar-refractivity contribution in [2.45, 2.75) is 18.8 Å². The number of carboxylic acids is 1. The SMILES string of the molecule is CC=CCC(C(=O)O)(C(=O)OC)c1ccc(F)cc1. The Labute approximate surface area is 110 Å². The monoisotopic (exact) mass is 266 g/mol. The molecule has 0 saturated carbocycles. The van der Waals surface area contributed by atoms with E-state index in [0.717, 1.165) is 19.2 Å². The molecule has 0 aliphatic heterocycles. The number of halogens is 1. The summed E-state index contributed by atoms with van der Waals surface area (Å²) in [5.74, 6) is -2.72. The van der Waals surface area contributed by atoms with Gasteiger partial charge in [0.1, 0.15) is 5.82 Å². The number of benzene rings is 1. The molecule has 1 N–H and O–H groups in total. The quantitative estimate of drug-likeness (QED) is 0.504. The lowest BCUT2D eigenvalue weighted by atomic mass is 9.77. The average Bonchev–Trinajstić information content (AvgIpc) is 2.40. The predicted octanol–water partition coefficient (Wildman–Crippen LogP) is 2.29. The Morgan fingerprint density at radius 1 is 1.37 bits per heavy atom. The number of rotatable bonds is 5. The molecule has 0 amide bonds. The minimum atomic E-state index is -1.85. The van der Waals surface area contributed by atoms with Gasteiger partial charge in [-0.2, -0.15) is 0 Å². The average molecular weight is 266 g/mol. The molecule has 1 rings (SSSR count). The van der Waals surface area contributed by atoms with Crippen LogP contribution in [0.1, 0.15) is 18.9 Å².